The molecule has 0 saturated carbocycles. The Bertz CT molecular complexity index is 885. The van der Waals surface area contributed by atoms with Crippen LogP contribution in [0.5, 0.6) is 0 Å². The van der Waals surface area contributed by atoms with Gasteiger partial charge >= 0.3 is 0 Å². The molecule has 1 atom stereocenters. The number of rotatable bonds is 2. The Morgan fingerprint density at radius 2 is 1.84 bits per heavy atom. The summed E-state index contributed by atoms with van der Waals surface area (Å²) in [5.74, 6) is 0. The van der Waals surface area contributed by atoms with Gasteiger partial charge in [-0.3, -0.25) is 0 Å². The summed E-state index contributed by atoms with van der Waals surface area (Å²) in [5.41, 5.74) is 4.80. The molecule has 0 spiro atoms. The largest absolute Gasteiger partial charge is 0.348 e. The Balaban J connectivity index is 1.66. The van der Waals surface area contributed by atoms with Gasteiger partial charge in [0, 0.05) is 30.7 Å². The van der Waals surface area contributed by atoms with E-state index in [9.17, 15) is 0 Å². The Morgan fingerprint density at radius 3 is 2.64 bits per heavy atom. The fourth-order valence-electron chi connectivity index (χ4n) is 3.51. The van der Waals surface area contributed by atoms with Crippen molar-refractivity contribution in [2.45, 2.75) is 19.5 Å². The molecule has 2 aromatic carbocycles. The molecule has 0 unspecified atom stereocenters. The van der Waals surface area contributed by atoms with Crippen LogP contribution in [-0.4, -0.2) is 21.1 Å². The molecule has 0 aliphatic carbocycles. The summed E-state index contributed by atoms with van der Waals surface area (Å²) in [6, 6.07) is 23.4. The second kappa shape index (κ2) is 6.73. The van der Waals surface area contributed by atoms with Crippen molar-refractivity contribution in [2.24, 2.45) is 0 Å². The fourth-order valence-corrected chi connectivity index (χ4v) is 3.82. The van der Waals surface area contributed by atoms with Crippen molar-refractivity contribution in [3.05, 3.63) is 89.7 Å². The third kappa shape index (κ3) is 3.17. The number of hydrogen-bond acceptors (Lipinski definition) is 1. The SMILES string of the molecule is Cc1cccc(NC(=S)N2CCn3cccc3[C@@H]2c2ccccc2)c1. The molecular formula is C21H21N3S. The van der Waals surface area contributed by atoms with Gasteiger partial charge in [0.1, 0.15) is 0 Å². The number of nitrogens with one attached hydrogen (secondary N) is 1. The van der Waals surface area contributed by atoms with E-state index in [4.69, 9.17) is 12.2 Å². The van der Waals surface area contributed by atoms with Crippen LogP contribution in [0.1, 0.15) is 22.9 Å². The molecule has 0 saturated heterocycles. The normalized spacial score (nSPS) is 16.4. The van der Waals surface area contributed by atoms with Crippen LogP contribution < -0.4 is 5.32 Å². The zero-order valence-electron chi connectivity index (χ0n) is 14.2. The van der Waals surface area contributed by atoms with E-state index in [0.717, 1.165) is 23.9 Å². The Morgan fingerprint density at radius 1 is 1.00 bits per heavy atom. The number of benzene rings is 2. The molecule has 0 radical (unpaired) electrons. The molecule has 3 aromatic rings. The molecule has 126 valence electrons. The predicted octanol–water partition coefficient (Wildman–Crippen LogP) is 4.60. The summed E-state index contributed by atoms with van der Waals surface area (Å²) in [6.45, 7) is 3.93. The van der Waals surface area contributed by atoms with E-state index < -0.39 is 0 Å². The minimum atomic E-state index is 0.134. The lowest BCUT2D eigenvalue weighted by Gasteiger charge is -2.39. The van der Waals surface area contributed by atoms with Crippen molar-refractivity contribution < 1.29 is 0 Å². The Labute approximate surface area is 153 Å². The highest BCUT2D eigenvalue weighted by molar-refractivity contribution is 7.80. The standard InChI is InChI=1S/C21H21N3S/c1-16-7-5-10-18(15-16)22-21(25)24-14-13-23-12-6-11-19(23)20(24)17-8-3-2-4-9-17/h2-12,15,20H,13-14H2,1H3,(H,22,25)/t20-/m0/s1. The molecule has 3 nitrogen and oxygen atoms in total. The van der Waals surface area contributed by atoms with Crippen molar-refractivity contribution in [3.63, 3.8) is 0 Å². The quantitative estimate of drug-likeness (QED) is 0.684. The third-order valence-electron chi connectivity index (χ3n) is 4.68. The van der Waals surface area contributed by atoms with E-state index in [1.54, 1.807) is 0 Å². The third-order valence-corrected chi connectivity index (χ3v) is 5.02. The van der Waals surface area contributed by atoms with Crippen molar-refractivity contribution in [2.75, 3.05) is 11.9 Å². The molecule has 4 heteroatoms. The van der Waals surface area contributed by atoms with Crippen LogP contribution >= 0.6 is 12.2 Å². The number of fused-ring (bicyclic) bond motifs is 1. The molecule has 1 aromatic heterocycles. The van der Waals surface area contributed by atoms with E-state index in [1.165, 1.54) is 16.8 Å². The molecule has 2 heterocycles. The van der Waals surface area contributed by atoms with Crippen LogP contribution in [0.25, 0.3) is 0 Å². The minimum absolute atomic E-state index is 0.134. The maximum Gasteiger partial charge on any atom is 0.174 e. The zero-order chi connectivity index (χ0) is 17.2. The van der Waals surface area contributed by atoms with Gasteiger partial charge in [0.2, 0.25) is 0 Å². The second-order valence-electron chi connectivity index (χ2n) is 6.43. The molecule has 0 bridgehead atoms. The zero-order valence-corrected chi connectivity index (χ0v) is 15.0. The van der Waals surface area contributed by atoms with Gasteiger partial charge in [0.15, 0.2) is 5.11 Å². The number of anilines is 1. The highest BCUT2D eigenvalue weighted by Crippen LogP contribution is 2.32. The molecule has 1 N–H and O–H groups in total. The first-order valence-corrected chi connectivity index (χ1v) is 8.97. The van der Waals surface area contributed by atoms with Gasteiger partial charge in [-0.1, -0.05) is 42.5 Å². The summed E-state index contributed by atoms with van der Waals surface area (Å²) >= 11 is 5.78. The number of nitrogens with zero attached hydrogens (tertiary/aromatic N) is 2. The van der Waals surface area contributed by atoms with E-state index in [-0.39, 0.29) is 6.04 Å². The van der Waals surface area contributed by atoms with Crippen LogP contribution in [0.3, 0.4) is 0 Å². The molecule has 25 heavy (non-hydrogen) atoms. The first kappa shape index (κ1) is 15.9. The lowest BCUT2D eigenvalue weighted by Crippen LogP contribution is -2.44. The maximum absolute atomic E-state index is 5.78. The summed E-state index contributed by atoms with van der Waals surface area (Å²) in [7, 11) is 0. The van der Waals surface area contributed by atoms with Gasteiger partial charge in [-0.05, 0) is 54.5 Å². The fraction of sp³-hybridized carbons (Fsp3) is 0.190. The van der Waals surface area contributed by atoms with Gasteiger partial charge in [-0.15, -0.1) is 0 Å². The highest BCUT2D eigenvalue weighted by atomic mass is 32.1. The van der Waals surface area contributed by atoms with Gasteiger partial charge in [0.05, 0.1) is 6.04 Å². The topological polar surface area (TPSA) is 20.2 Å². The monoisotopic (exact) mass is 347 g/mol. The summed E-state index contributed by atoms with van der Waals surface area (Å²) in [6.07, 6.45) is 2.15. The summed E-state index contributed by atoms with van der Waals surface area (Å²) in [5, 5.41) is 4.19. The van der Waals surface area contributed by atoms with E-state index in [1.807, 2.05) is 0 Å². The molecule has 0 fully saturated rings. The van der Waals surface area contributed by atoms with Crippen LogP contribution in [0, 0.1) is 6.92 Å². The van der Waals surface area contributed by atoms with Crippen LogP contribution in [0.2, 0.25) is 0 Å². The second-order valence-corrected chi connectivity index (χ2v) is 6.82. The molecule has 1 aliphatic rings. The lowest BCUT2D eigenvalue weighted by atomic mass is 10.0. The highest BCUT2D eigenvalue weighted by Gasteiger charge is 2.30. The van der Waals surface area contributed by atoms with E-state index in [2.05, 4.69) is 94.6 Å². The van der Waals surface area contributed by atoms with Gasteiger partial charge < -0.3 is 14.8 Å². The Hall–Kier alpha value is -2.59. The minimum Gasteiger partial charge on any atom is -0.348 e. The summed E-state index contributed by atoms with van der Waals surface area (Å²) in [4.78, 5) is 2.29. The lowest BCUT2D eigenvalue weighted by molar-refractivity contribution is 0.293. The van der Waals surface area contributed by atoms with Crippen molar-refractivity contribution in [1.82, 2.24) is 9.47 Å². The van der Waals surface area contributed by atoms with Gasteiger partial charge in [-0.2, -0.15) is 0 Å². The summed E-state index contributed by atoms with van der Waals surface area (Å²) < 4.78 is 2.32. The van der Waals surface area contributed by atoms with Crippen molar-refractivity contribution in [3.8, 4) is 0 Å². The average molecular weight is 347 g/mol. The Kier molecular flexibility index (Phi) is 4.28. The number of aryl methyl sites for hydroxylation is 1. The van der Waals surface area contributed by atoms with E-state index in [0.29, 0.717) is 0 Å². The number of aromatic nitrogens is 1. The van der Waals surface area contributed by atoms with Crippen molar-refractivity contribution >= 4 is 23.0 Å². The van der Waals surface area contributed by atoms with Crippen LogP contribution in [-0.2, 0) is 6.54 Å². The van der Waals surface area contributed by atoms with Gasteiger partial charge in [0.25, 0.3) is 0 Å². The molecule has 0 amide bonds. The molecule has 1 aliphatic heterocycles. The first-order valence-electron chi connectivity index (χ1n) is 8.56. The number of hydrogen-bond donors (Lipinski definition) is 1. The van der Waals surface area contributed by atoms with Crippen molar-refractivity contribution in [1.29, 1.82) is 0 Å². The maximum atomic E-state index is 5.78. The average Bonchev–Trinajstić information content (AvgIpc) is 3.10. The predicted molar refractivity (Wildman–Crippen MR) is 107 cm³/mol. The smallest absolute Gasteiger partial charge is 0.174 e. The van der Waals surface area contributed by atoms with Crippen LogP contribution in [0.4, 0.5) is 5.69 Å². The molecular weight excluding hydrogens is 326 g/mol. The van der Waals surface area contributed by atoms with Crippen LogP contribution in [0.15, 0.2) is 72.9 Å². The first-order chi connectivity index (χ1) is 12.2. The molecule has 4 rings (SSSR count). The van der Waals surface area contributed by atoms with Gasteiger partial charge in [-0.25, -0.2) is 0 Å². The number of thiocarbonyl (C=S) groups is 1. The van der Waals surface area contributed by atoms with E-state index >= 15 is 0 Å².